The first-order valence-corrected chi connectivity index (χ1v) is 18.6. The minimum Gasteiger partial charge on any atom is -0.404 e. The lowest BCUT2D eigenvalue weighted by molar-refractivity contribution is 0.0396. The van der Waals surface area contributed by atoms with Crippen LogP contribution in [-0.2, 0) is 8.85 Å². The Morgan fingerprint density at radius 2 is 0.967 bits per heavy atom. The average Bonchev–Trinajstić information content (AvgIpc) is 2.61. The molecule has 30 heavy (non-hydrogen) atoms. The summed E-state index contributed by atoms with van der Waals surface area (Å²) in [6.45, 7) is 6.61. The molecule has 10 heteroatoms. The van der Waals surface area contributed by atoms with Crippen LogP contribution in [0.15, 0.2) is 0 Å². The van der Waals surface area contributed by atoms with Crippen molar-refractivity contribution in [1.82, 2.24) is 19.6 Å². The molecular weight excluding hydrogens is 449 g/mol. The maximum atomic E-state index is 6.36. The SMILES string of the molecule is CN(C)CC(O[SiH](C)CCCSSCCC[SiH](C)OC(CN(C)C)N(C)C)N(C)C. The van der Waals surface area contributed by atoms with Crippen LogP contribution in [0, 0.1) is 0 Å². The fourth-order valence-corrected chi connectivity index (χ4v) is 9.30. The summed E-state index contributed by atoms with van der Waals surface area (Å²) >= 11 is 0. The van der Waals surface area contributed by atoms with Gasteiger partial charge in [-0.3, -0.25) is 9.80 Å². The second-order valence-corrected chi connectivity index (χ2v) is 16.8. The molecule has 0 fully saturated rings. The molecule has 0 radical (unpaired) electrons. The molecule has 0 spiro atoms. The Bertz CT molecular complexity index is 375. The van der Waals surface area contributed by atoms with Crippen molar-refractivity contribution in [1.29, 1.82) is 0 Å². The maximum Gasteiger partial charge on any atom is 0.176 e. The first-order valence-electron chi connectivity index (χ1n) is 11.2. The highest BCUT2D eigenvalue weighted by Gasteiger charge is 2.18. The number of nitrogens with zero attached hydrogens (tertiary/aromatic N) is 4. The molecule has 0 bridgehead atoms. The lowest BCUT2D eigenvalue weighted by Gasteiger charge is -2.30. The van der Waals surface area contributed by atoms with Crippen molar-refractivity contribution in [3.8, 4) is 0 Å². The second-order valence-electron chi connectivity index (χ2n) is 9.18. The molecule has 0 aromatic carbocycles. The van der Waals surface area contributed by atoms with E-state index in [1.807, 2.05) is 21.6 Å². The van der Waals surface area contributed by atoms with Crippen LogP contribution in [0.4, 0.5) is 0 Å². The second kappa shape index (κ2) is 18.3. The lowest BCUT2D eigenvalue weighted by Crippen LogP contribution is -2.42. The fraction of sp³-hybridized carbons (Fsp3) is 1.00. The van der Waals surface area contributed by atoms with Crippen molar-refractivity contribution in [3.05, 3.63) is 0 Å². The normalized spacial score (nSPS) is 16.6. The zero-order valence-electron chi connectivity index (χ0n) is 21.4. The van der Waals surface area contributed by atoms with Crippen LogP contribution >= 0.6 is 21.6 Å². The highest BCUT2D eigenvalue weighted by atomic mass is 33.1. The summed E-state index contributed by atoms with van der Waals surface area (Å²) in [4.78, 5) is 8.80. The Balaban J connectivity index is 3.79. The Kier molecular flexibility index (Phi) is 18.9. The Labute approximate surface area is 199 Å². The van der Waals surface area contributed by atoms with Gasteiger partial charge in [0.15, 0.2) is 18.1 Å². The fourth-order valence-electron chi connectivity index (χ4n) is 2.93. The molecule has 6 nitrogen and oxygen atoms in total. The molecule has 0 heterocycles. The number of likely N-dealkylation sites (N-methyl/N-ethyl adjacent to an activating group) is 4. The molecule has 0 aliphatic heterocycles. The highest BCUT2D eigenvalue weighted by molar-refractivity contribution is 8.76. The first kappa shape index (κ1) is 30.9. The minimum absolute atomic E-state index is 0.224. The van der Waals surface area contributed by atoms with Gasteiger partial charge in [-0.05, 0) is 94.4 Å². The molecule has 0 aromatic heterocycles. The van der Waals surface area contributed by atoms with E-state index in [9.17, 15) is 0 Å². The van der Waals surface area contributed by atoms with Gasteiger partial charge in [0.2, 0.25) is 0 Å². The van der Waals surface area contributed by atoms with E-state index in [1.54, 1.807) is 0 Å². The van der Waals surface area contributed by atoms with Crippen molar-refractivity contribution in [3.63, 3.8) is 0 Å². The van der Waals surface area contributed by atoms with E-state index in [1.165, 1.54) is 36.4 Å². The molecule has 4 atom stereocenters. The predicted octanol–water partition coefficient (Wildman–Crippen LogP) is 2.79. The quantitative estimate of drug-likeness (QED) is 0.116. The van der Waals surface area contributed by atoms with Gasteiger partial charge >= 0.3 is 0 Å². The molecule has 0 saturated heterocycles. The average molecular weight is 499 g/mol. The van der Waals surface area contributed by atoms with Crippen LogP contribution in [0.1, 0.15) is 12.8 Å². The summed E-state index contributed by atoms with van der Waals surface area (Å²) in [6, 6.07) is 2.53. The van der Waals surface area contributed by atoms with E-state index in [-0.39, 0.29) is 12.5 Å². The Morgan fingerprint density at radius 1 is 0.633 bits per heavy atom. The van der Waals surface area contributed by atoms with Gasteiger partial charge in [0.05, 0.1) is 0 Å². The molecule has 0 saturated carbocycles. The van der Waals surface area contributed by atoms with Gasteiger partial charge in [-0.25, -0.2) is 0 Å². The zero-order chi connectivity index (χ0) is 23.1. The van der Waals surface area contributed by atoms with E-state index in [2.05, 4.69) is 89.1 Å². The molecule has 182 valence electrons. The van der Waals surface area contributed by atoms with Crippen molar-refractivity contribution in [2.75, 3.05) is 81.0 Å². The number of rotatable bonds is 19. The molecule has 0 aromatic rings. The molecule has 4 unspecified atom stereocenters. The minimum atomic E-state index is -1.10. The Hall–Kier alpha value is 0.894. The predicted molar refractivity (Wildman–Crippen MR) is 144 cm³/mol. The third-order valence-corrected chi connectivity index (χ3v) is 11.3. The van der Waals surface area contributed by atoms with E-state index >= 15 is 0 Å². The smallest absolute Gasteiger partial charge is 0.176 e. The summed E-state index contributed by atoms with van der Waals surface area (Å²) in [5.41, 5.74) is 0. The lowest BCUT2D eigenvalue weighted by atomic mass is 10.5. The van der Waals surface area contributed by atoms with Crippen molar-refractivity contribution < 1.29 is 8.85 Å². The highest BCUT2D eigenvalue weighted by Crippen LogP contribution is 2.25. The third-order valence-electron chi connectivity index (χ3n) is 4.73. The van der Waals surface area contributed by atoms with Gasteiger partial charge in [0.25, 0.3) is 0 Å². The summed E-state index contributed by atoms with van der Waals surface area (Å²) in [7, 11) is 18.8. The van der Waals surface area contributed by atoms with Crippen LogP contribution in [0.3, 0.4) is 0 Å². The van der Waals surface area contributed by atoms with E-state index in [0.717, 1.165) is 13.1 Å². The van der Waals surface area contributed by atoms with Crippen LogP contribution in [0.2, 0.25) is 25.2 Å². The van der Waals surface area contributed by atoms with Gasteiger partial charge in [-0.1, -0.05) is 21.6 Å². The maximum absolute atomic E-state index is 6.36. The topological polar surface area (TPSA) is 31.4 Å². The Morgan fingerprint density at radius 3 is 1.23 bits per heavy atom. The summed E-state index contributed by atoms with van der Waals surface area (Å²) in [5, 5.41) is 0. The largest absolute Gasteiger partial charge is 0.404 e. The summed E-state index contributed by atoms with van der Waals surface area (Å²) < 4.78 is 12.7. The molecular formula is C20H50N4O2S2Si2. The van der Waals surface area contributed by atoms with Crippen LogP contribution in [0.25, 0.3) is 0 Å². The zero-order valence-corrected chi connectivity index (χ0v) is 25.3. The molecule has 0 aliphatic carbocycles. The third kappa shape index (κ3) is 17.4. The van der Waals surface area contributed by atoms with Crippen molar-refractivity contribution in [2.24, 2.45) is 0 Å². The van der Waals surface area contributed by atoms with Crippen LogP contribution in [-0.4, -0.2) is 131 Å². The monoisotopic (exact) mass is 498 g/mol. The van der Waals surface area contributed by atoms with Crippen LogP contribution < -0.4 is 0 Å². The standard InChI is InChI=1S/C20H50N4O2S2Si2/c1-21(2)17-19(23(5)6)25-29(9)15-11-13-27-28-14-12-16-30(10)26-20(24(7)8)18-22(3)4/h19-20,29-30H,11-18H2,1-10H3. The molecule has 0 aliphatic rings. The van der Waals surface area contributed by atoms with E-state index < -0.39 is 18.1 Å². The van der Waals surface area contributed by atoms with E-state index in [4.69, 9.17) is 8.85 Å². The van der Waals surface area contributed by atoms with E-state index in [0.29, 0.717) is 0 Å². The van der Waals surface area contributed by atoms with Gasteiger partial charge in [-0.2, -0.15) is 0 Å². The van der Waals surface area contributed by atoms with Crippen LogP contribution in [0.5, 0.6) is 0 Å². The summed E-state index contributed by atoms with van der Waals surface area (Å²) in [6.07, 6.45) is 3.00. The van der Waals surface area contributed by atoms with Gasteiger partial charge in [-0.15, -0.1) is 0 Å². The van der Waals surface area contributed by atoms with Crippen molar-refractivity contribution in [2.45, 2.75) is 50.5 Å². The van der Waals surface area contributed by atoms with Gasteiger partial charge in [0, 0.05) is 24.6 Å². The number of hydrogen-bond acceptors (Lipinski definition) is 8. The van der Waals surface area contributed by atoms with Crippen molar-refractivity contribution >= 4 is 39.7 Å². The van der Waals surface area contributed by atoms with Gasteiger partial charge in [0.1, 0.15) is 12.5 Å². The molecule has 0 rings (SSSR count). The summed E-state index contributed by atoms with van der Waals surface area (Å²) in [5.74, 6) is 2.47. The van der Waals surface area contributed by atoms with Gasteiger partial charge < -0.3 is 18.7 Å². The molecule has 0 N–H and O–H groups in total. The number of hydrogen-bond donors (Lipinski definition) is 0. The molecule has 0 amide bonds. The first-order chi connectivity index (χ1) is 14.0.